The van der Waals surface area contributed by atoms with Crippen molar-refractivity contribution in [3.63, 3.8) is 0 Å². The second-order valence-corrected chi connectivity index (χ2v) is 6.19. The second kappa shape index (κ2) is 9.52. The van der Waals surface area contributed by atoms with E-state index in [1.807, 2.05) is 37.1 Å². The van der Waals surface area contributed by atoms with Crippen LogP contribution in [0.25, 0.3) is 0 Å². The van der Waals surface area contributed by atoms with Gasteiger partial charge in [-0.1, -0.05) is 13.3 Å². The Morgan fingerprint density at radius 2 is 1.96 bits per heavy atom. The largest absolute Gasteiger partial charge is 0.490 e. The van der Waals surface area contributed by atoms with Gasteiger partial charge in [0, 0.05) is 18.7 Å². The molecule has 1 aliphatic rings. The van der Waals surface area contributed by atoms with Crippen molar-refractivity contribution >= 4 is 5.91 Å². The van der Waals surface area contributed by atoms with Gasteiger partial charge in [-0.2, -0.15) is 0 Å². The average molecular weight is 334 g/mol. The summed E-state index contributed by atoms with van der Waals surface area (Å²) in [6.45, 7) is 7.22. The van der Waals surface area contributed by atoms with Crippen LogP contribution in [0.2, 0.25) is 0 Å². The molecule has 1 aromatic rings. The molecular formula is C19H30N2O3. The summed E-state index contributed by atoms with van der Waals surface area (Å²) in [7, 11) is 1.89. The van der Waals surface area contributed by atoms with E-state index in [1.54, 1.807) is 0 Å². The fourth-order valence-corrected chi connectivity index (χ4v) is 2.92. The summed E-state index contributed by atoms with van der Waals surface area (Å²) in [6.07, 6.45) is 4.09. The van der Waals surface area contributed by atoms with Gasteiger partial charge in [0.15, 0.2) is 11.5 Å². The van der Waals surface area contributed by atoms with E-state index in [1.165, 1.54) is 0 Å². The van der Waals surface area contributed by atoms with Crippen LogP contribution in [0.5, 0.6) is 11.5 Å². The molecule has 0 aromatic heterocycles. The Hall–Kier alpha value is -1.75. The number of carbonyl (C=O) groups is 1. The van der Waals surface area contributed by atoms with Crippen molar-refractivity contribution in [2.24, 2.45) is 0 Å². The molecule has 1 N–H and O–H groups in total. The number of amides is 1. The molecule has 1 amide bonds. The molecule has 0 saturated carbocycles. The molecule has 0 unspecified atom stereocenters. The van der Waals surface area contributed by atoms with E-state index in [2.05, 4.69) is 12.2 Å². The predicted molar refractivity (Wildman–Crippen MR) is 96.0 cm³/mol. The summed E-state index contributed by atoms with van der Waals surface area (Å²) in [5.41, 5.74) is 0.655. The zero-order valence-corrected chi connectivity index (χ0v) is 15.1. The number of hydrogen-bond donors (Lipinski definition) is 1. The van der Waals surface area contributed by atoms with E-state index in [-0.39, 0.29) is 5.91 Å². The SMILES string of the molecule is CCCCOc1ccc(C(=O)N(C)C2CCNCC2)cc1OCC. The molecule has 0 bridgehead atoms. The lowest BCUT2D eigenvalue weighted by atomic mass is 10.0. The van der Waals surface area contributed by atoms with Crippen LogP contribution >= 0.6 is 0 Å². The van der Waals surface area contributed by atoms with E-state index >= 15 is 0 Å². The normalized spacial score (nSPS) is 15.1. The Bertz CT molecular complexity index is 527. The third-order valence-electron chi connectivity index (χ3n) is 4.42. The van der Waals surface area contributed by atoms with Crippen LogP contribution in [0, 0.1) is 0 Å². The molecule has 1 fully saturated rings. The van der Waals surface area contributed by atoms with E-state index in [0.29, 0.717) is 36.3 Å². The lowest BCUT2D eigenvalue weighted by Gasteiger charge is -2.31. The van der Waals surface area contributed by atoms with Crippen LogP contribution in [-0.2, 0) is 0 Å². The highest BCUT2D eigenvalue weighted by molar-refractivity contribution is 5.95. The fourth-order valence-electron chi connectivity index (χ4n) is 2.92. The molecule has 1 heterocycles. The van der Waals surface area contributed by atoms with Crippen LogP contribution in [0.1, 0.15) is 49.9 Å². The maximum atomic E-state index is 12.8. The monoisotopic (exact) mass is 334 g/mol. The summed E-state index contributed by atoms with van der Waals surface area (Å²) >= 11 is 0. The highest BCUT2D eigenvalue weighted by atomic mass is 16.5. The van der Waals surface area contributed by atoms with Crippen molar-refractivity contribution in [1.82, 2.24) is 10.2 Å². The number of piperidine rings is 1. The summed E-state index contributed by atoms with van der Waals surface area (Å²) in [5.74, 6) is 1.41. The molecule has 0 spiro atoms. The second-order valence-electron chi connectivity index (χ2n) is 6.19. The molecule has 2 rings (SSSR count). The highest BCUT2D eigenvalue weighted by Crippen LogP contribution is 2.29. The maximum Gasteiger partial charge on any atom is 0.253 e. The van der Waals surface area contributed by atoms with Crippen molar-refractivity contribution < 1.29 is 14.3 Å². The van der Waals surface area contributed by atoms with Crippen LogP contribution < -0.4 is 14.8 Å². The molecule has 0 aliphatic carbocycles. The standard InChI is InChI=1S/C19H30N2O3/c1-4-6-13-24-17-8-7-15(14-18(17)23-5-2)19(22)21(3)16-9-11-20-12-10-16/h7-8,14,16,20H,4-6,9-13H2,1-3H3. The first-order valence-corrected chi connectivity index (χ1v) is 9.04. The molecule has 0 atom stereocenters. The number of hydrogen-bond acceptors (Lipinski definition) is 4. The quantitative estimate of drug-likeness (QED) is 0.742. The number of ether oxygens (including phenoxy) is 2. The Labute approximate surface area is 145 Å². The lowest BCUT2D eigenvalue weighted by molar-refractivity contribution is 0.0702. The summed E-state index contributed by atoms with van der Waals surface area (Å²) < 4.78 is 11.5. The number of carbonyl (C=O) groups excluding carboxylic acids is 1. The van der Waals surface area contributed by atoms with Crippen molar-refractivity contribution in [3.05, 3.63) is 23.8 Å². The first-order chi connectivity index (χ1) is 11.7. The minimum absolute atomic E-state index is 0.0444. The third-order valence-corrected chi connectivity index (χ3v) is 4.42. The van der Waals surface area contributed by atoms with Gasteiger partial charge in [0.05, 0.1) is 13.2 Å². The van der Waals surface area contributed by atoms with E-state index in [0.717, 1.165) is 38.8 Å². The average Bonchev–Trinajstić information content (AvgIpc) is 2.63. The predicted octanol–water partition coefficient (Wildman–Crippen LogP) is 3.09. The highest BCUT2D eigenvalue weighted by Gasteiger charge is 2.23. The van der Waals surface area contributed by atoms with Gasteiger partial charge in [-0.3, -0.25) is 4.79 Å². The van der Waals surface area contributed by atoms with Crippen LogP contribution in [-0.4, -0.2) is 50.2 Å². The topological polar surface area (TPSA) is 50.8 Å². The summed E-state index contributed by atoms with van der Waals surface area (Å²) in [4.78, 5) is 14.6. The number of benzene rings is 1. The Kier molecular flexibility index (Phi) is 7.37. The Morgan fingerprint density at radius 1 is 1.21 bits per heavy atom. The van der Waals surface area contributed by atoms with Crippen LogP contribution in [0.4, 0.5) is 0 Å². The zero-order valence-electron chi connectivity index (χ0n) is 15.1. The molecule has 134 valence electrons. The van der Waals surface area contributed by atoms with Gasteiger partial charge >= 0.3 is 0 Å². The number of nitrogens with zero attached hydrogens (tertiary/aromatic N) is 1. The van der Waals surface area contributed by atoms with Crippen LogP contribution in [0.3, 0.4) is 0 Å². The van der Waals surface area contributed by atoms with Crippen molar-refractivity contribution in [3.8, 4) is 11.5 Å². The van der Waals surface area contributed by atoms with Crippen molar-refractivity contribution in [2.45, 2.75) is 45.6 Å². The minimum atomic E-state index is 0.0444. The lowest BCUT2D eigenvalue weighted by Crippen LogP contribution is -2.43. The zero-order chi connectivity index (χ0) is 17.4. The molecule has 24 heavy (non-hydrogen) atoms. The van der Waals surface area contributed by atoms with Gasteiger partial charge in [0.2, 0.25) is 0 Å². The molecule has 5 nitrogen and oxygen atoms in total. The number of rotatable bonds is 8. The minimum Gasteiger partial charge on any atom is -0.490 e. The molecule has 0 radical (unpaired) electrons. The first kappa shape index (κ1) is 18.6. The molecule has 1 aliphatic heterocycles. The molecule has 5 heteroatoms. The Balaban J connectivity index is 2.10. The number of unbranched alkanes of at least 4 members (excludes halogenated alkanes) is 1. The number of nitrogens with one attached hydrogen (secondary N) is 1. The molecular weight excluding hydrogens is 304 g/mol. The van der Waals surface area contributed by atoms with Gasteiger partial charge in [-0.05, 0) is 57.5 Å². The molecule has 1 aromatic carbocycles. The first-order valence-electron chi connectivity index (χ1n) is 9.04. The summed E-state index contributed by atoms with van der Waals surface area (Å²) in [6, 6.07) is 5.80. The van der Waals surface area contributed by atoms with E-state index in [9.17, 15) is 4.79 Å². The van der Waals surface area contributed by atoms with Crippen LogP contribution in [0.15, 0.2) is 18.2 Å². The van der Waals surface area contributed by atoms with Gasteiger partial charge in [0.25, 0.3) is 5.91 Å². The van der Waals surface area contributed by atoms with Crippen molar-refractivity contribution in [1.29, 1.82) is 0 Å². The fraction of sp³-hybridized carbons (Fsp3) is 0.632. The van der Waals surface area contributed by atoms with E-state index in [4.69, 9.17) is 9.47 Å². The third kappa shape index (κ3) is 4.87. The maximum absolute atomic E-state index is 12.8. The van der Waals surface area contributed by atoms with Gasteiger partial charge in [0.1, 0.15) is 0 Å². The van der Waals surface area contributed by atoms with Gasteiger partial charge in [-0.25, -0.2) is 0 Å². The van der Waals surface area contributed by atoms with Gasteiger partial charge in [-0.15, -0.1) is 0 Å². The molecule has 1 saturated heterocycles. The Morgan fingerprint density at radius 3 is 2.62 bits per heavy atom. The van der Waals surface area contributed by atoms with Gasteiger partial charge < -0.3 is 19.7 Å². The van der Waals surface area contributed by atoms with E-state index < -0.39 is 0 Å². The summed E-state index contributed by atoms with van der Waals surface area (Å²) in [5, 5.41) is 3.33. The smallest absolute Gasteiger partial charge is 0.253 e. The van der Waals surface area contributed by atoms with Crippen molar-refractivity contribution in [2.75, 3.05) is 33.4 Å².